The summed E-state index contributed by atoms with van der Waals surface area (Å²) >= 11 is 0. The van der Waals surface area contributed by atoms with Crippen molar-refractivity contribution in [3.05, 3.63) is 127 Å². The lowest BCUT2D eigenvalue weighted by molar-refractivity contribution is 0.00578. The molecule has 0 unspecified atom stereocenters. The van der Waals surface area contributed by atoms with Gasteiger partial charge >= 0.3 is 7.12 Å². The van der Waals surface area contributed by atoms with Gasteiger partial charge in [-0.2, -0.15) is 0 Å². The van der Waals surface area contributed by atoms with Crippen LogP contribution in [0.2, 0.25) is 0 Å². The minimum atomic E-state index is -0.368. The monoisotopic (exact) mass is 508 g/mol. The molecule has 5 aromatic rings. The first kappa shape index (κ1) is 25.4. The van der Waals surface area contributed by atoms with Crippen LogP contribution in [0, 0.1) is 0 Å². The van der Waals surface area contributed by atoms with E-state index in [1.54, 1.807) is 0 Å². The molecule has 0 bridgehead atoms. The first-order valence-corrected chi connectivity index (χ1v) is 13.6. The Balaban J connectivity index is 1.22. The third kappa shape index (κ3) is 5.08. The number of rotatable bonds is 5. The van der Waals surface area contributed by atoms with Crippen molar-refractivity contribution >= 4 is 12.6 Å². The zero-order chi connectivity index (χ0) is 27.0. The predicted molar refractivity (Wildman–Crippen MR) is 164 cm³/mol. The zero-order valence-corrected chi connectivity index (χ0v) is 23.0. The number of hydrogen-bond donors (Lipinski definition) is 0. The van der Waals surface area contributed by atoms with Crippen molar-refractivity contribution < 1.29 is 9.31 Å². The van der Waals surface area contributed by atoms with Crippen LogP contribution in [0.4, 0.5) is 0 Å². The molecule has 0 saturated carbocycles. The van der Waals surface area contributed by atoms with Crippen molar-refractivity contribution in [3.8, 4) is 44.5 Å². The van der Waals surface area contributed by atoms with Gasteiger partial charge in [0.15, 0.2) is 0 Å². The second kappa shape index (κ2) is 10.00. The smallest absolute Gasteiger partial charge is 0.399 e. The maximum atomic E-state index is 6.29. The normalized spacial score (nSPS) is 15.8. The molecule has 0 atom stereocenters. The summed E-state index contributed by atoms with van der Waals surface area (Å²) in [6.07, 6.45) is 0. The summed E-state index contributed by atoms with van der Waals surface area (Å²) in [5.74, 6) is 0. The summed E-state index contributed by atoms with van der Waals surface area (Å²) in [7, 11) is -0.368. The van der Waals surface area contributed by atoms with Gasteiger partial charge in [0.1, 0.15) is 0 Å². The minimum absolute atomic E-state index is 0.357. The van der Waals surface area contributed by atoms with Crippen molar-refractivity contribution in [2.24, 2.45) is 0 Å². The maximum absolute atomic E-state index is 6.29. The van der Waals surface area contributed by atoms with Gasteiger partial charge in [0, 0.05) is 0 Å². The third-order valence-electron chi connectivity index (χ3n) is 8.15. The number of benzene rings is 5. The van der Waals surface area contributed by atoms with Gasteiger partial charge in [0.25, 0.3) is 0 Å². The Kier molecular flexibility index (Phi) is 6.50. The van der Waals surface area contributed by atoms with Gasteiger partial charge in [-0.15, -0.1) is 0 Å². The van der Waals surface area contributed by atoms with E-state index in [1.807, 2.05) is 6.07 Å². The van der Waals surface area contributed by atoms with Gasteiger partial charge in [-0.25, -0.2) is 0 Å². The molecule has 39 heavy (non-hydrogen) atoms. The Morgan fingerprint density at radius 3 is 1.26 bits per heavy atom. The third-order valence-corrected chi connectivity index (χ3v) is 8.15. The lowest BCUT2D eigenvalue weighted by atomic mass is 9.78. The maximum Gasteiger partial charge on any atom is 0.494 e. The highest BCUT2D eigenvalue weighted by atomic mass is 16.7. The average molecular weight is 508 g/mol. The highest BCUT2D eigenvalue weighted by Crippen LogP contribution is 2.37. The van der Waals surface area contributed by atoms with Gasteiger partial charge < -0.3 is 9.31 Å². The van der Waals surface area contributed by atoms with E-state index >= 15 is 0 Å². The predicted octanol–water partition coefficient (Wildman–Crippen LogP) is 8.65. The Morgan fingerprint density at radius 1 is 0.385 bits per heavy atom. The van der Waals surface area contributed by atoms with E-state index in [2.05, 4.69) is 149 Å². The molecule has 1 aliphatic rings. The molecule has 6 rings (SSSR count). The van der Waals surface area contributed by atoms with Gasteiger partial charge in [-0.05, 0) is 83.7 Å². The zero-order valence-electron chi connectivity index (χ0n) is 23.0. The molecule has 1 saturated heterocycles. The highest BCUT2D eigenvalue weighted by Gasteiger charge is 2.51. The molecule has 0 spiro atoms. The van der Waals surface area contributed by atoms with Crippen LogP contribution in [0.3, 0.4) is 0 Å². The minimum Gasteiger partial charge on any atom is -0.399 e. The Labute approximate surface area is 232 Å². The number of hydrogen-bond acceptors (Lipinski definition) is 2. The van der Waals surface area contributed by atoms with Gasteiger partial charge in [-0.3, -0.25) is 0 Å². The Hall–Kier alpha value is -3.92. The van der Waals surface area contributed by atoms with E-state index in [0.717, 1.165) is 11.0 Å². The van der Waals surface area contributed by atoms with Crippen LogP contribution in [0.15, 0.2) is 127 Å². The molecular weight excluding hydrogens is 475 g/mol. The van der Waals surface area contributed by atoms with Gasteiger partial charge in [-0.1, -0.05) is 121 Å². The van der Waals surface area contributed by atoms with E-state index in [4.69, 9.17) is 9.31 Å². The molecule has 0 aliphatic carbocycles. The first-order valence-electron chi connectivity index (χ1n) is 13.6. The molecule has 2 nitrogen and oxygen atoms in total. The van der Waals surface area contributed by atoms with Crippen LogP contribution in [0.25, 0.3) is 44.5 Å². The molecule has 0 amide bonds. The van der Waals surface area contributed by atoms with Gasteiger partial charge in [0.05, 0.1) is 11.2 Å². The lowest BCUT2D eigenvalue weighted by Gasteiger charge is -2.32. The van der Waals surface area contributed by atoms with E-state index in [1.165, 1.54) is 38.9 Å². The average Bonchev–Trinajstić information content (AvgIpc) is 3.20. The van der Waals surface area contributed by atoms with Crippen LogP contribution in [-0.2, 0) is 9.31 Å². The van der Waals surface area contributed by atoms with Crippen LogP contribution >= 0.6 is 0 Å². The van der Waals surface area contributed by atoms with Gasteiger partial charge in [0.2, 0.25) is 0 Å². The van der Waals surface area contributed by atoms with E-state index < -0.39 is 0 Å². The fourth-order valence-corrected chi connectivity index (χ4v) is 5.06. The molecule has 0 aromatic heterocycles. The SMILES string of the molecule is CC1(C)OB(c2cccc(-c3cccc(-c4ccc(-c5ccc(-c6ccccc6)cc5)cc4)c3)c2)OC1(C)C. The molecule has 0 radical (unpaired) electrons. The lowest BCUT2D eigenvalue weighted by Crippen LogP contribution is -2.41. The molecule has 5 aromatic carbocycles. The van der Waals surface area contributed by atoms with Crippen LogP contribution in [-0.4, -0.2) is 18.3 Å². The van der Waals surface area contributed by atoms with Crippen LogP contribution < -0.4 is 5.46 Å². The molecule has 0 N–H and O–H groups in total. The molecule has 192 valence electrons. The molecule has 1 heterocycles. The molecule has 1 aliphatic heterocycles. The quantitative estimate of drug-likeness (QED) is 0.221. The van der Waals surface area contributed by atoms with E-state index in [-0.39, 0.29) is 18.3 Å². The Bertz CT molecular complexity index is 1570. The summed E-state index contributed by atoms with van der Waals surface area (Å²) in [5.41, 5.74) is 9.94. The van der Waals surface area contributed by atoms with Crippen molar-refractivity contribution in [1.29, 1.82) is 0 Å². The molecule has 1 fully saturated rings. The van der Waals surface area contributed by atoms with Crippen molar-refractivity contribution in [1.82, 2.24) is 0 Å². The van der Waals surface area contributed by atoms with E-state index in [9.17, 15) is 0 Å². The second-order valence-corrected chi connectivity index (χ2v) is 11.3. The summed E-state index contributed by atoms with van der Waals surface area (Å²) in [6, 6.07) is 45.3. The fourth-order valence-electron chi connectivity index (χ4n) is 5.06. The molecular formula is C36H33BO2. The summed E-state index contributed by atoms with van der Waals surface area (Å²) in [4.78, 5) is 0. The van der Waals surface area contributed by atoms with Crippen LogP contribution in [0.1, 0.15) is 27.7 Å². The largest absolute Gasteiger partial charge is 0.494 e. The van der Waals surface area contributed by atoms with Crippen molar-refractivity contribution in [2.45, 2.75) is 38.9 Å². The second-order valence-electron chi connectivity index (χ2n) is 11.3. The molecule has 3 heteroatoms. The standard InChI is InChI=1S/C36H33BO2/c1-35(2)36(3,4)39-37(38-35)34-15-9-14-33(25-34)32-13-8-12-31(24-32)30-22-20-29(21-23-30)28-18-16-27(17-19-28)26-10-6-5-7-11-26/h5-25H,1-4H3. The summed E-state index contributed by atoms with van der Waals surface area (Å²) in [5, 5.41) is 0. The fraction of sp³-hybridized carbons (Fsp3) is 0.167. The van der Waals surface area contributed by atoms with E-state index in [0.29, 0.717) is 0 Å². The summed E-state index contributed by atoms with van der Waals surface area (Å²) < 4.78 is 12.6. The topological polar surface area (TPSA) is 18.5 Å². The van der Waals surface area contributed by atoms with Crippen molar-refractivity contribution in [3.63, 3.8) is 0 Å². The first-order chi connectivity index (χ1) is 18.8. The Morgan fingerprint density at radius 2 is 0.744 bits per heavy atom. The summed E-state index contributed by atoms with van der Waals surface area (Å²) in [6.45, 7) is 8.35. The van der Waals surface area contributed by atoms with Crippen molar-refractivity contribution in [2.75, 3.05) is 0 Å². The highest BCUT2D eigenvalue weighted by molar-refractivity contribution is 6.62. The van der Waals surface area contributed by atoms with Crippen LogP contribution in [0.5, 0.6) is 0 Å².